The van der Waals surface area contributed by atoms with Crippen LogP contribution in [0.5, 0.6) is 0 Å². The van der Waals surface area contributed by atoms with Crippen molar-refractivity contribution in [2.24, 2.45) is 0 Å². The first-order valence-electron chi connectivity index (χ1n) is 7.23. The van der Waals surface area contributed by atoms with Gasteiger partial charge in [0.15, 0.2) is 0 Å². The fourth-order valence-corrected chi connectivity index (χ4v) is 2.28. The summed E-state index contributed by atoms with van der Waals surface area (Å²) in [7, 11) is 0. The molecule has 1 amide bonds. The molecule has 0 bridgehead atoms. The normalized spacial score (nSPS) is 15.0. The third kappa shape index (κ3) is 3.76. The second-order valence-electron chi connectivity index (χ2n) is 5.76. The first-order valence-corrected chi connectivity index (χ1v) is 7.23. The Balaban J connectivity index is 2.07. The predicted molar refractivity (Wildman–Crippen MR) is 80.8 cm³/mol. The molecule has 2 atom stereocenters. The van der Waals surface area contributed by atoms with E-state index in [2.05, 4.69) is 5.32 Å². The van der Waals surface area contributed by atoms with Crippen molar-refractivity contribution in [1.82, 2.24) is 5.32 Å². The van der Waals surface area contributed by atoms with E-state index in [1.54, 1.807) is 19.1 Å². The number of amides is 1. The Labute approximate surface area is 133 Å². The lowest BCUT2D eigenvalue weighted by Gasteiger charge is -2.22. The quantitative estimate of drug-likeness (QED) is 0.889. The predicted octanol–water partition coefficient (Wildman–Crippen LogP) is 2.99. The Hall–Kier alpha value is -2.21. The number of hydrogen-bond donors (Lipinski definition) is 2. The first kappa shape index (κ1) is 17.1. The number of halogens is 2. The van der Waals surface area contributed by atoms with Crippen molar-refractivity contribution >= 4 is 5.91 Å². The van der Waals surface area contributed by atoms with Gasteiger partial charge in [0.1, 0.15) is 28.8 Å². The Kier molecular flexibility index (Phi) is 4.85. The minimum Gasteiger partial charge on any atom is -0.463 e. The first-order chi connectivity index (χ1) is 10.7. The van der Waals surface area contributed by atoms with E-state index in [0.29, 0.717) is 11.5 Å². The average molecular weight is 323 g/mol. The SMILES string of the molecule is Cc1ccc(C(C)(O)CNC(=O)C(C)c2c(F)cccc2F)o1. The Morgan fingerprint density at radius 3 is 2.43 bits per heavy atom. The molecule has 1 aromatic carbocycles. The van der Waals surface area contributed by atoms with Gasteiger partial charge in [-0.25, -0.2) is 8.78 Å². The highest BCUT2D eigenvalue weighted by Gasteiger charge is 2.29. The molecule has 2 aromatic rings. The fourth-order valence-electron chi connectivity index (χ4n) is 2.28. The highest BCUT2D eigenvalue weighted by Crippen LogP contribution is 2.24. The monoisotopic (exact) mass is 323 g/mol. The largest absolute Gasteiger partial charge is 0.463 e. The number of benzene rings is 1. The number of furan rings is 1. The molecule has 0 saturated carbocycles. The van der Waals surface area contributed by atoms with E-state index in [4.69, 9.17) is 4.42 Å². The molecule has 2 unspecified atom stereocenters. The van der Waals surface area contributed by atoms with Crippen LogP contribution in [0.4, 0.5) is 8.78 Å². The number of nitrogens with one attached hydrogen (secondary N) is 1. The van der Waals surface area contributed by atoms with Crippen molar-refractivity contribution in [1.29, 1.82) is 0 Å². The molecule has 0 aliphatic rings. The summed E-state index contributed by atoms with van der Waals surface area (Å²) in [6.07, 6.45) is 0. The van der Waals surface area contributed by atoms with E-state index >= 15 is 0 Å². The molecule has 1 heterocycles. The Morgan fingerprint density at radius 1 is 1.30 bits per heavy atom. The van der Waals surface area contributed by atoms with Gasteiger partial charge in [0.25, 0.3) is 0 Å². The molecule has 0 spiro atoms. The van der Waals surface area contributed by atoms with Crippen molar-refractivity contribution in [3.05, 3.63) is 59.1 Å². The number of carbonyl (C=O) groups is 1. The number of aryl methyl sites for hydroxylation is 1. The maximum Gasteiger partial charge on any atom is 0.227 e. The van der Waals surface area contributed by atoms with E-state index in [1.807, 2.05) is 0 Å². The highest BCUT2D eigenvalue weighted by atomic mass is 19.1. The average Bonchev–Trinajstić information content (AvgIpc) is 2.92. The zero-order valence-corrected chi connectivity index (χ0v) is 13.2. The second kappa shape index (κ2) is 6.50. The smallest absolute Gasteiger partial charge is 0.227 e. The van der Waals surface area contributed by atoms with Gasteiger partial charge in [-0.3, -0.25) is 4.79 Å². The zero-order valence-electron chi connectivity index (χ0n) is 13.2. The van der Waals surface area contributed by atoms with Crippen LogP contribution in [0.15, 0.2) is 34.7 Å². The van der Waals surface area contributed by atoms with Crippen molar-refractivity contribution < 1.29 is 23.1 Å². The summed E-state index contributed by atoms with van der Waals surface area (Å²) < 4.78 is 32.8. The standard InChI is InChI=1S/C17H19F2NO3/c1-10-7-8-14(23-10)17(3,22)9-20-16(21)11(2)15-12(18)5-4-6-13(15)19/h4-8,11,22H,9H2,1-3H3,(H,20,21). The molecule has 1 aromatic heterocycles. The number of carbonyl (C=O) groups excluding carboxylic acids is 1. The molecule has 2 N–H and O–H groups in total. The van der Waals surface area contributed by atoms with Crippen molar-refractivity contribution in [3.8, 4) is 0 Å². The summed E-state index contributed by atoms with van der Waals surface area (Å²) in [5.74, 6) is -2.22. The lowest BCUT2D eigenvalue weighted by Crippen LogP contribution is -2.40. The van der Waals surface area contributed by atoms with Crippen LogP contribution in [-0.2, 0) is 10.4 Å². The topological polar surface area (TPSA) is 62.5 Å². The van der Waals surface area contributed by atoms with Gasteiger partial charge >= 0.3 is 0 Å². The number of aliphatic hydroxyl groups is 1. The van der Waals surface area contributed by atoms with E-state index in [1.165, 1.54) is 19.9 Å². The Morgan fingerprint density at radius 2 is 1.91 bits per heavy atom. The van der Waals surface area contributed by atoms with E-state index in [9.17, 15) is 18.7 Å². The molecule has 0 saturated heterocycles. The zero-order chi connectivity index (χ0) is 17.2. The van der Waals surface area contributed by atoms with Gasteiger partial charge in [0.05, 0.1) is 12.5 Å². The number of rotatable bonds is 5. The van der Waals surface area contributed by atoms with Gasteiger partial charge in [-0.2, -0.15) is 0 Å². The molecular weight excluding hydrogens is 304 g/mol. The molecule has 0 fully saturated rings. The van der Waals surface area contributed by atoms with Crippen LogP contribution in [0.3, 0.4) is 0 Å². The van der Waals surface area contributed by atoms with Crippen LogP contribution < -0.4 is 5.32 Å². The second-order valence-corrected chi connectivity index (χ2v) is 5.76. The van der Waals surface area contributed by atoms with Gasteiger partial charge in [-0.05, 0) is 45.0 Å². The molecule has 0 radical (unpaired) electrons. The molecule has 0 aliphatic heterocycles. The van der Waals surface area contributed by atoms with E-state index < -0.39 is 29.1 Å². The summed E-state index contributed by atoms with van der Waals surface area (Å²) in [6, 6.07) is 6.75. The third-order valence-corrected chi connectivity index (χ3v) is 3.70. The third-order valence-electron chi connectivity index (χ3n) is 3.70. The van der Waals surface area contributed by atoms with Crippen molar-refractivity contribution in [2.45, 2.75) is 32.3 Å². The van der Waals surface area contributed by atoms with Crippen molar-refractivity contribution in [3.63, 3.8) is 0 Å². The van der Waals surface area contributed by atoms with Crippen LogP contribution in [0, 0.1) is 18.6 Å². The molecule has 2 rings (SSSR count). The Bertz CT molecular complexity index is 689. The van der Waals surface area contributed by atoms with Crippen LogP contribution in [0.2, 0.25) is 0 Å². The maximum atomic E-state index is 13.7. The van der Waals surface area contributed by atoms with Crippen LogP contribution >= 0.6 is 0 Å². The molecule has 0 aliphatic carbocycles. The van der Waals surface area contributed by atoms with Crippen LogP contribution in [0.1, 0.15) is 36.8 Å². The summed E-state index contributed by atoms with van der Waals surface area (Å²) in [5, 5.41) is 12.9. The molecular formula is C17H19F2NO3. The van der Waals surface area contributed by atoms with Crippen LogP contribution in [0.25, 0.3) is 0 Å². The van der Waals surface area contributed by atoms with Gasteiger partial charge in [0.2, 0.25) is 5.91 Å². The molecule has 23 heavy (non-hydrogen) atoms. The lowest BCUT2D eigenvalue weighted by molar-refractivity contribution is -0.123. The van der Waals surface area contributed by atoms with Gasteiger partial charge in [-0.15, -0.1) is 0 Å². The number of hydrogen-bond acceptors (Lipinski definition) is 3. The van der Waals surface area contributed by atoms with E-state index in [0.717, 1.165) is 12.1 Å². The highest BCUT2D eigenvalue weighted by molar-refractivity contribution is 5.83. The minimum atomic E-state index is -1.42. The summed E-state index contributed by atoms with van der Waals surface area (Å²) in [6.45, 7) is 4.49. The van der Waals surface area contributed by atoms with Gasteiger partial charge < -0.3 is 14.8 Å². The molecule has 6 heteroatoms. The van der Waals surface area contributed by atoms with Gasteiger partial charge in [-0.1, -0.05) is 6.07 Å². The van der Waals surface area contributed by atoms with Crippen LogP contribution in [-0.4, -0.2) is 17.6 Å². The molecule has 4 nitrogen and oxygen atoms in total. The lowest BCUT2D eigenvalue weighted by atomic mass is 9.98. The fraction of sp³-hybridized carbons (Fsp3) is 0.353. The summed E-state index contributed by atoms with van der Waals surface area (Å²) >= 11 is 0. The summed E-state index contributed by atoms with van der Waals surface area (Å²) in [5.41, 5.74) is -1.71. The van der Waals surface area contributed by atoms with Gasteiger partial charge in [0, 0.05) is 5.56 Å². The van der Waals surface area contributed by atoms with Crippen molar-refractivity contribution in [2.75, 3.05) is 6.54 Å². The maximum absolute atomic E-state index is 13.7. The molecule has 124 valence electrons. The van der Waals surface area contributed by atoms with E-state index in [-0.39, 0.29) is 12.1 Å². The summed E-state index contributed by atoms with van der Waals surface area (Å²) in [4.78, 5) is 12.1. The minimum absolute atomic E-state index is 0.140.